The molecule has 10 nitrogen and oxygen atoms in total. The van der Waals surface area contributed by atoms with Crippen molar-refractivity contribution in [2.75, 3.05) is 13.2 Å². The lowest BCUT2D eigenvalue weighted by Crippen LogP contribution is -2.62. The van der Waals surface area contributed by atoms with E-state index < -0.39 is 55.2 Å². The number of esters is 1. The first-order chi connectivity index (χ1) is 28.1. The summed E-state index contributed by atoms with van der Waals surface area (Å²) in [7, 11) is 0. The van der Waals surface area contributed by atoms with E-state index in [1.165, 1.54) is 6.92 Å². The molecule has 2 saturated heterocycles. The molecule has 2 fully saturated rings. The van der Waals surface area contributed by atoms with Gasteiger partial charge in [-0.15, -0.1) is 0 Å². The van der Waals surface area contributed by atoms with Crippen molar-refractivity contribution >= 4 is 5.97 Å². The molecule has 298 valence electrons. The number of benzene rings is 5. The highest BCUT2D eigenvalue weighted by molar-refractivity contribution is 5.66. The first-order valence-corrected chi connectivity index (χ1v) is 19.4. The van der Waals surface area contributed by atoms with E-state index in [4.69, 9.17) is 42.6 Å². The topological polar surface area (TPSA) is 100 Å². The van der Waals surface area contributed by atoms with Crippen LogP contribution in [0.3, 0.4) is 0 Å². The fourth-order valence-electron chi connectivity index (χ4n) is 6.90. The Balaban J connectivity index is 1.16. The van der Waals surface area contributed by atoms with Crippen LogP contribution in [-0.2, 0) is 80.5 Å². The minimum absolute atomic E-state index is 0.0838. The molecular formula is C47H50O10. The lowest BCUT2D eigenvalue weighted by molar-refractivity contribution is -0.347. The molecule has 0 saturated carbocycles. The third kappa shape index (κ3) is 11.9. The lowest BCUT2D eigenvalue weighted by Gasteiger charge is -2.46. The predicted molar refractivity (Wildman–Crippen MR) is 211 cm³/mol. The molecule has 0 bridgehead atoms. The summed E-state index contributed by atoms with van der Waals surface area (Å²) >= 11 is 0. The lowest BCUT2D eigenvalue weighted by atomic mass is 10.0. The smallest absolute Gasteiger partial charge is 0.303 e. The molecule has 8 unspecified atom stereocenters. The van der Waals surface area contributed by atoms with E-state index in [0.29, 0.717) is 13.2 Å². The highest BCUT2D eigenvalue weighted by Crippen LogP contribution is 2.32. The van der Waals surface area contributed by atoms with Gasteiger partial charge in [0.05, 0.1) is 46.2 Å². The normalized spacial score (nSPS) is 24.8. The van der Waals surface area contributed by atoms with E-state index in [1.54, 1.807) is 0 Å². The van der Waals surface area contributed by atoms with Crippen LogP contribution in [0.2, 0.25) is 0 Å². The van der Waals surface area contributed by atoms with E-state index in [-0.39, 0.29) is 33.0 Å². The van der Waals surface area contributed by atoms with E-state index in [9.17, 15) is 4.79 Å². The maximum atomic E-state index is 12.7. The van der Waals surface area contributed by atoms with Crippen molar-refractivity contribution in [2.45, 2.75) is 89.2 Å². The average Bonchev–Trinajstić information content (AvgIpc) is 3.26. The van der Waals surface area contributed by atoms with Gasteiger partial charge in [-0.25, -0.2) is 0 Å². The van der Waals surface area contributed by atoms with Crippen LogP contribution in [-0.4, -0.2) is 68.4 Å². The van der Waals surface area contributed by atoms with E-state index >= 15 is 0 Å². The Bertz CT molecular complexity index is 1880. The molecule has 0 spiro atoms. The Morgan fingerprint density at radius 3 is 1.23 bits per heavy atom. The zero-order valence-electron chi connectivity index (χ0n) is 32.1. The minimum Gasteiger partial charge on any atom is -0.457 e. The second kappa shape index (κ2) is 21.1. The second-order valence-corrected chi connectivity index (χ2v) is 14.1. The van der Waals surface area contributed by atoms with Gasteiger partial charge < -0.3 is 42.6 Å². The molecule has 57 heavy (non-hydrogen) atoms. The molecule has 5 aromatic rings. The molecule has 2 aliphatic heterocycles. The molecule has 2 aliphatic rings. The molecule has 8 atom stereocenters. The molecule has 10 heteroatoms. The average molecular weight is 775 g/mol. The Kier molecular flexibility index (Phi) is 15.0. The summed E-state index contributed by atoms with van der Waals surface area (Å²) in [6.45, 7) is 2.94. The molecule has 0 aromatic heterocycles. The van der Waals surface area contributed by atoms with E-state index in [0.717, 1.165) is 27.8 Å². The SMILES string of the molecule is CC(=O)OC1C(OCc2ccccc2)COC(OC2COC(OCc3ccccc3)C(OCc3ccccc3)C2OCc2ccccc2)C1OCc1ccccc1. The van der Waals surface area contributed by atoms with Gasteiger partial charge in [0, 0.05) is 6.92 Å². The van der Waals surface area contributed by atoms with Crippen molar-refractivity contribution in [1.29, 1.82) is 0 Å². The minimum atomic E-state index is -0.998. The third-order valence-electron chi connectivity index (χ3n) is 9.80. The monoisotopic (exact) mass is 774 g/mol. The first-order valence-electron chi connectivity index (χ1n) is 19.4. The summed E-state index contributed by atoms with van der Waals surface area (Å²) in [6.07, 6.45) is -6.25. The van der Waals surface area contributed by atoms with Gasteiger partial charge >= 0.3 is 5.97 Å². The van der Waals surface area contributed by atoms with Crippen molar-refractivity contribution in [3.63, 3.8) is 0 Å². The van der Waals surface area contributed by atoms with E-state index in [2.05, 4.69) is 0 Å². The highest BCUT2D eigenvalue weighted by atomic mass is 16.8. The van der Waals surface area contributed by atoms with Crippen molar-refractivity contribution in [3.05, 3.63) is 179 Å². The van der Waals surface area contributed by atoms with Crippen LogP contribution in [0.5, 0.6) is 0 Å². The third-order valence-corrected chi connectivity index (χ3v) is 9.80. The zero-order chi connectivity index (χ0) is 39.1. The van der Waals surface area contributed by atoms with Gasteiger partial charge in [0.25, 0.3) is 0 Å². The Morgan fingerprint density at radius 1 is 0.439 bits per heavy atom. The summed E-state index contributed by atoms with van der Waals surface area (Å²) in [5.41, 5.74) is 4.88. The molecule has 2 heterocycles. The Morgan fingerprint density at radius 2 is 0.789 bits per heavy atom. The number of carbonyl (C=O) groups is 1. The zero-order valence-corrected chi connectivity index (χ0v) is 32.1. The van der Waals surface area contributed by atoms with Crippen molar-refractivity contribution in [2.24, 2.45) is 0 Å². The standard InChI is InChI=1S/C47H50O10/c1-34(48)56-43-40(49-27-35-17-7-2-8-18-35)32-55-47(45(43)52-30-38-23-13-5-14-24-38)57-41-33-54-46(53-31-39-25-15-6-16-26-39)44(51-29-37-21-11-4-12-22-37)42(41)50-28-36-19-9-3-10-20-36/h2-26,40-47H,27-33H2,1H3. The molecule has 0 radical (unpaired) electrons. The summed E-state index contributed by atoms with van der Waals surface area (Å²) in [5.74, 6) is -0.472. The number of hydrogen-bond donors (Lipinski definition) is 0. The fraction of sp³-hybridized carbons (Fsp3) is 0.340. The number of ether oxygens (including phenoxy) is 9. The van der Waals surface area contributed by atoms with Crippen LogP contribution < -0.4 is 0 Å². The largest absolute Gasteiger partial charge is 0.457 e. The Hall–Kier alpha value is -4.75. The maximum absolute atomic E-state index is 12.7. The molecule has 7 rings (SSSR count). The van der Waals surface area contributed by atoms with Crippen LogP contribution in [0.25, 0.3) is 0 Å². The number of hydrogen-bond acceptors (Lipinski definition) is 10. The second-order valence-electron chi connectivity index (χ2n) is 14.1. The van der Waals surface area contributed by atoms with Gasteiger partial charge in [-0.05, 0) is 27.8 Å². The van der Waals surface area contributed by atoms with Crippen LogP contribution in [0, 0.1) is 0 Å². The molecular weight excluding hydrogens is 725 g/mol. The predicted octanol–water partition coefficient (Wildman–Crippen LogP) is 7.57. The van der Waals surface area contributed by atoms with Crippen molar-refractivity contribution < 1.29 is 47.4 Å². The van der Waals surface area contributed by atoms with Crippen LogP contribution >= 0.6 is 0 Å². The van der Waals surface area contributed by atoms with Gasteiger partial charge in [0.15, 0.2) is 18.7 Å². The van der Waals surface area contributed by atoms with Crippen molar-refractivity contribution in [1.82, 2.24) is 0 Å². The van der Waals surface area contributed by atoms with Crippen molar-refractivity contribution in [3.8, 4) is 0 Å². The highest BCUT2D eigenvalue weighted by Gasteiger charge is 2.50. The quantitative estimate of drug-likeness (QED) is 0.0830. The van der Waals surface area contributed by atoms with Crippen LogP contribution in [0.1, 0.15) is 34.7 Å². The summed E-state index contributed by atoms with van der Waals surface area (Å²) in [4.78, 5) is 12.7. The van der Waals surface area contributed by atoms with Gasteiger partial charge in [-0.3, -0.25) is 4.79 Å². The maximum Gasteiger partial charge on any atom is 0.303 e. The van der Waals surface area contributed by atoms with Gasteiger partial charge in [0.1, 0.15) is 30.5 Å². The van der Waals surface area contributed by atoms with Gasteiger partial charge in [-0.2, -0.15) is 0 Å². The first kappa shape index (κ1) is 40.4. The summed E-state index contributed by atoms with van der Waals surface area (Å²) in [6, 6.07) is 49.4. The fourth-order valence-corrected chi connectivity index (χ4v) is 6.90. The van der Waals surface area contributed by atoms with Crippen LogP contribution in [0.4, 0.5) is 0 Å². The molecule has 0 aliphatic carbocycles. The summed E-state index contributed by atoms with van der Waals surface area (Å²) in [5, 5.41) is 0. The summed E-state index contributed by atoms with van der Waals surface area (Å²) < 4.78 is 58.5. The molecule has 0 N–H and O–H groups in total. The number of rotatable bonds is 18. The van der Waals surface area contributed by atoms with Gasteiger partial charge in [0.2, 0.25) is 0 Å². The molecule has 0 amide bonds. The van der Waals surface area contributed by atoms with E-state index in [1.807, 2.05) is 152 Å². The molecule has 5 aromatic carbocycles. The van der Waals surface area contributed by atoms with Crippen LogP contribution in [0.15, 0.2) is 152 Å². The van der Waals surface area contributed by atoms with Gasteiger partial charge in [-0.1, -0.05) is 152 Å². The Labute approximate surface area is 334 Å². The number of carbonyl (C=O) groups excluding carboxylic acids is 1.